The molecule has 15 heavy (non-hydrogen) atoms. The van der Waals surface area contributed by atoms with Gasteiger partial charge in [0.25, 0.3) is 0 Å². The van der Waals surface area contributed by atoms with Crippen LogP contribution in [0.3, 0.4) is 0 Å². The van der Waals surface area contributed by atoms with Crippen LogP contribution in [0.2, 0.25) is 0 Å². The summed E-state index contributed by atoms with van der Waals surface area (Å²) in [4.78, 5) is 0. The molecule has 0 fully saturated rings. The molecule has 1 unspecified atom stereocenters. The lowest BCUT2D eigenvalue weighted by atomic mass is 10.1. The Morgan fingerprint density at radius 2 is 1.60 bits per heavy atom. The fourth-order valence-corrected chi connectivity index (χ4v) is 1.22. The molecule has 0 aliphatic rings. The number of allylic oxidation sites excluding steroid dienone is 3. The van der Waals surface area contributed by atoms with E-state index in [0.717, 1.165) is 5.56 Å². The standard InChI is InChI=1S/C14H18O/c1-12(2)8-6-7-11-14(15)13-9-4-3-5-10-13/h3-12,14-15H,1-2H3/b8-6+,11-7-. The number of rotatable bonds is 4. The predicted octanol–water partition coefficient (Wildman–Crippen LogP) is 3.49. The van der Waals surface area contributed by atoms with Crippen LogP contribution < -0.4 is 0 Å². The maximum absolute atomic E-state index is 9.77. The third-order valence-electron chi connectivity index (χ3n) is 2.04. The van der Waals surface area contributed by atoms with Gasteiger partial charge in [0.05, 0.1) is 6.10 Å². The van der Waals surface area contributed by atoms with Crippen LogP contribution in [0.5, 0.6) is 0 Å². The number of aliphatic hydroxyl groups is 1. The monoisotopic (exact) mass is 202 g/mol. The predicted molar refractivity (Wildman–Crippen MR) is 64.5 cm³/mol. The number of hydrogen-bond acceptors (Lipinski definition) is 1. The quantitative estimate of drug-likeness (QED) is 0.741. The fourth-order valence-electron chi connectivity index (χ4n) is 1.22. The van der Waals surface area contributed by atoms with E-state index in [0.29, 0.717) is 5.92 Å². The minimum absolute atomic E-state index is 0.511. The van der Waals surface area contributed by atoms with Crippen LogP contribution in [0.25, 0.3) is 0 Å². The van der Waals surface area contributed by atoms with Crippen LogP contribution in [0, 0.1) is 5.92 Å². The van der Waals surface area contributed by atoms with E-state index in [1.807, 2.05) is 42.5 Å². The third kappa shape index (κ3) is 4.61. The van der Waals surface area contributed by atoms with Gasteiger partial charge in [-0.05, 0) is 11.5 Å². The second-order valence-corrected chi connectivity index (χ2v) is 3.87. The summed E-state index contributed by atoms with van der Waals surface area (Å²) in [7, 11) is 0. The van der Waals surface area contributed by atoms with E-state index in [9.17, 15) is 5.11 Å². The summed E-state index contributed by atoms with van der Waals surface area (Å²) in [6.45, 7) is 4.25. The van der Waals surface area contributed by atoms with E-state index in [1.54, 1.807) is 6.08 Å². The lowest BCUT2D eigenvalue weighted by molar-refractivity contribution is 0.228. The highest BCUT2D eigenvalue weighted by Gasteiger charge is 1.99. The van der Waals surface area contributed by atoms with E-state index in [4.69, 9.17) is 0 Å². The minimum atomic E-state index is -0.511. The van der Waals surface area contributed by atoms with E-state index in [1.165, 1.54) is 0 Å². The first-order valence-electron chi connectivity index (χ1n) is 5.28. The van der Waals surface area contributed by atoms with Crippen LogP contribution in [0.15, 0.2) is 54.6 Å². The molecule has 0 radical (unpaired) electrons. The molecule has 0 heterocycles. The van der Waals surface area contributed by atoms with Gasteiger partial charge in [0.2, 0.25) is 0 Å². The minimum Gasteiger partial charge on any atom is -0.384 e. The van der Waals surface area contributed by atoms with E-state index in [2.05, 4.69) is 19.9 Å². The molecule has 0 spiro atoms. The molecule has 0 saturated carbocycles. The maximum Gasteiger partial charge on any atom is 0.0974 e. The molecule has 0 aliphatic carbocycles. The zero-order valence-corrected chi connectivity index (χ0v) is 9.30. The smallest absolute Gasteiger partial charge is 0.0974 e. The number of hydrogen-bond donors (Lipinski definition) is 1. The highest BCUT2D eigenvalue weighted by atomic mass is 16.3. The Labute approximate surface area is 91.8 Å². The molecular formula is C14H18O. The zero-order valence-electron chi connectivity index (χ0n) is 9.30. The molecule has 1 nitrogen and oxygen atoms in total. The summed E-state index contributed by atoms with van der Waals surface area (Å²) in [6, 6.07) is 9.63. The van der Waals surface area contributed by atoms with Crippen LogP contribution in [0.4, 0.5) is 0 Å². The van der Waals surface area contributed by atoms with Gasteiger partial charge in [0.15, 0.2) is 0 Å². The fraction of sp³-hybridized carbons (Fsp3) is 0.286. The second kappa shape index (κ2) is 6.20. The van der Waals surface area contributed by atoms with Crippen LogP contribution in [0.1, 0.15) is 25.5 Å². The molecule has 1 heteroatoms. The van der Waals surface area contributed by atoms with E-state index >= 15 is 0 Å². The van der Waals surface area contributed by atoms with Crippen molar-refractivity contribution >= 4 is 0 Å². The van der Waals surface area contributed by atoms with Crippen LogP contribution in [-0.4, -0.2) is 5.11 Å². The Bertz CT molecular complexity index is 322. The van der Waals surface area contributed by atoms with E-state index < -0.39 is 6.10 Å². The van der Waals surface area contributed by atoms with Crippen molar-refractivity contribution in [2.45, 2.75) is 20.0 Å². The van der Waals surface area contributed by atoms with Gasteiger partial charge >= 0.3 is 0 Å². The lowest BCUT2D eigenvalue weighted by Crippen LogP contribution is -1.91. The molecule has 1 rings (SSSR count). The number of benzene rings is 1. The molecule has 1 aromatic rings. The van der Waals surface area contributed by atoms with Gasteiger partial charge in [-0.15, -0.1) is 0 Å². The molecule has 0 saturated heterocycles. The molecule has 1 atom stereocenters. The summed E-state index contributed by atoms with van der Waals surface area (Å²) in [5.41, 5.74) is 0.923. The Hall–Kier alpha value is -1.34. The van der Waals surface area contributed by atoms with E-state index in [-0.39, 0.29) is 0 Å². The van der Waals surface area contributed by atoms with Gasteiger partial charge in [-0.1, -0.05) is 68.5 Å². The first kappa shape index (κ1) is 11.7. The van der Waals surface area contributed by atoms with Gasteiger partial charge in [-0.25, -0.2) is 0 Å². The molecule has 1 aromatic carbocycles. The molecule has 80 valence electrons. The zero-order chi connectivity index (χ0) is 11.1. The second-order valence-electron chi connectivity index (χ2n) is 3.87. The van der Waals surface area contributed by atoms with Crippen molar-refractivity contribution < 1.29 is 5.11 Å². The van der Waals surface area contributed by atoms with Gasteiger partial charge in [-0.3, -0.25) is 0 Å². The topological polar surface area (TPSA) is 20.2 Å². The van der Waals surface area contributed by atoms with Gasteiger partial charge in [0.1, 0.15) is 0 Å². The van der Waals surface area contributed by atoms with Gasteiger partial charge < -0.3 is 5.11 Å². The number of aliphatic hydroxyl groups excluding tert-OH is 1. The Kier molecular flexibility index (Phi) is 4.85. The van der Waals surface area contributed by atoms with Crippen molar-refractivity contribution in [2.75, 3.05) is 0 Å². The van der Waals surface area contributed by atoms with Crippen LogP contribution >= 0.6 is 0 Å². The summed E-state index contributed by atoms with van der Waals surface area (Å²) in [5, 5.41) is 9.77. The Morgan fingerprint density at radius 3 is 2.20 bits per heavy atom. The average molecular weight is 202 g/mol. The molecule has 0 amide bonds. The first-order chi connectivity index (χ1) is 7.20. The van der Waals surface area contributed by atoms with Crippen LogP contribution in [-0.2, 0) is 0 Å². The van der Waals surface area contributed by atoms with Gasteiger partial charge in [0, 0.05) is 0 Å². The third-order valence-corrected chi connectivity index (χ3v) is 2.04. The Morgan fingerprint density at radius 1 is 1.00 bits per heavy atom. The van der Waals surface area contributed by atoms with Crippen molar-refractivity contribution in [3.63, 3.8) is 0 Å². The molecular weight excluding hydrogens is 184 g/mol. The lowest BCUT2D eigenvalue weighted by Gasteiger charge is -2.03. The van der Waals surface area contributed by atoms with Crippen molar-refractivity contribution in [1.29, 1.82) is 0 Å². The summed E-state index contributed by atoms with van der Waals surface area (Å²) in [5.74, 6) is 0.545. The summed E-state index contributed by atoms with van der Waals surface area (Å²) >= 11 is 0. The largest absolute Gasteiger partial charge is 0.384 e. The van der Waals surface area contributed by atoms with Gasteiger partial charge in [-0.2, -0.15) is 0 Å². The van der Waals surface area contributed by atoms with Crippen molar-refractivity contribution in [2.24, 2.45) is 5.92 Å². The summed E-state index contributed by atoms with van der Waals surface area (Å²) in [6.07, 6.45) is 7.22. The normalized spacial score (nSPS) is 14.1. The van der Waals surface area contributed by atoms with Crippen molar-refractivity contribution in [1.82, 2.24) is 0 Å². The Balaban J connectivity index is 2.53. The molecule has 0 bridgehead atoms. The van der Waals surface area contributed by atoms with Crippen molar-refractivity contribution in [3.05, 3.63) is 60.2 Å². The van der Waals surface area contributed by atoms with Crippen molar-refractivity contribution in [3.8, 4) is 0 Å². The summed E-state index contributed by atoms with van der Waals surface area (Å²) < 4.78 is 0. The maximum atomic E-state index is 9.77. The highest BCUT2D eigenvalue weighted by Crippen LogP contribution is 2.12. The SMILES string of the molecule is CC(C)/C=C/C=C\C(O)c1ccccc1. The highest BCUT2D eigenvalue weighted by molar-refractivity contribution is 5.22. The molecule has 0 aliphatic heterocycles. The molecule has 0 aromatic heterocycles. The molecule has 1 N–H and O–H groups in total. The average Bonchev–Trinajstić information content (AvgIpc) is 2.25. The first-order valence-corrected chi connectivity index (χ1v) is 5.28.